The highest BCUT2D eigenvalue weighted by Gasteiger charge is 2.17. The molecule has 0 saturated heterocycles. The summed E-state index contributed by atoms with van der Waals surface area (Å²) in [6, 6.07) is 14.2. The number of carbonyl (C=O) groups excluding carboxylic acids is 1. The minimum atomic E-state index is -0.705. The largest absolute Gasteiger partial charge is 0.497 e. The Labute approximate surface area is 161 Å². The van der Waals surface area contributed by atoms with E-state index in [4.69, 9.17) is 25.6 Å². The predicted octanol–water partition coefficient (Wildman–Crippen LogP) is 3.48. The lowest BCUT2D eigenvalue weighted by molar-refractivity contribution is -0.127. The molecule has 0 radical (unpaired) electrons. The van der Waals surface area contributed by atoms with Gasteiger partial charge in [-0.2, -0.15) is 4.98 Å². The van der Waals surface area contributed by atoms with Crippen molar-refractivity contribution in [3.8, 4) is 22.9 Å². The smallest absolute Gasteiger partial charge is 0.261 e. The molecule has 140 valence electrons. The summed E-state index contributed by atoms with van der Waals surface area (Å²) < 4.78 is 15.9. The van der Waals surface area contributed by atoms with E-state index in [0.717, 1.165) is 0 Å². The van der Waals surface area contributed by atoms with E-state index < -0.39 is 6.10 Å². The highest BCUT2D eigenvalue weighted by atomic mass is 35.5. The van der Waals surface area contributed by atoms with Gasteiger partial charge in [0.2, 0.25) is 11.7 Å². The lowest BCUT2D eigenvalue weighted by Gasteiger charge is -2.14. The second-order valence-electron chi connectivity index (χ2n) is 5.65. The van der Waals surface area contributed by atoms with Gasteiger partial charge in [0.15, 0.2) is 6.10 Å². The third kappa shape index (κ3) is 4.77. The highest BCUT2D eigenvalue weighted by Crippen LogP contribution is 2.24. The number of hydrogen-bond donors (Lipinski definition) is 1. The van der Waals surface area contributed by atoms with Crippen LogP contribution in [0.2, 0.25) is 5.02 Å². The second-order valence-corrected chi connectivity index (χ2v) is 6.06. The van der Waals surface area contributed by atoms with Crippen molar-refractivity contribution in [3.05, 3.63) is 59.4 Å². The number of hydrogen-bond acceptors (Lipinski definition) is 6. The van der Waals surface area contributed by atoms with Crippen LogP contribution in [0.1, 0.15) is 12.8 Å². The van der Waals surface area contributed by atoms with Gasteiger partial charge in [-0.1, -0.05) is 35.0 Å². The average molecular weight is 388 g/mol. The molecule has 3 aromatic rings. The Hall–Kier alpha value is -3.06. The van der Waals surface area contributed by atoms with Gasteiger partial charge in [0.1, 0.15) is 11.5 Å². The van der Waals surface area contributed by atoms with E-state index in [9.17, 15) is 4.79 Å². The highest BCUT2D eigenvalue weighted by molar-refractivity contribution is 6.33. The molecule has 0 fully saturated rings. The maximum absolute atomic E-state index is 12.2. The summed E-state index contributed by atoms with van der Waals surface area (Å²) in [5.74, 6) is 1.52. The molecule has 1 aromatic heterocycles. The maximum Gasteiger partial charge on any atom is 0.261 e. The molecule has 1 heterocycles. The molecule has 8 heteroatoms. The minimum absolute atomic E-state index is 0.0854. The monoisotopic (exact) mass is 387 g/mol. The Balaban J connectivity index is 1.56. The van der Waals surface area contributed by atoms with Crippen LogP contribution in [0.15, 0.2) is 53.1 Å². The van der Waals surface area contributed by atoms with E-state index in [1.807, 2.05) is 12.1 Å². The third-order valence-electron chi connectivity index (χ3n) is 3.72. The van der Waals surface area contributed by atoms with Gasteiger partial charge < -0.3 is 19.3 Å². The van der Waals surface area contributed by atoms with Gasteiger partial charge in [0.25, 0.3) is 5.91 Å². The first-order valence-corrected chi connectivity index (χ1v) is 8.60. The normalized spacial score (nSPS) is 11.7. The number of nitrogens with zero attached hydrogens (tertiary/aromatic N) is 2. The molecule has 27 heavy (non-hydrogen) atoms. The first-order chi connectivity index (χ1) is 13.1. The average Bonchev–Trinajstić information content (AvgIpc) is 3.15. The van der Waals surface area contributed by atoms with Crippen molar-refractivity contribution in [3.63, 3.8) is 0 Å². The molecular formula is C19H18ClN3O4. The van der Waals surface area contributed by atoms with Gasteiger partial charge in [-0.15, -0.1) is 0 Å². The van der Waals surface area contributed by atoms with E-state index in [2.05, 4.69) is 15.5 Å². The van der Waals surface area contributed by atoms with E-state index in [0.29, 0.717) is 27.9 Å². The Kier molecular flexibility index (Phi) is 5.93. The fourth-order valence-electron chi connectivity index (χ4n) is 2.32. The minimum Gasteiger partial charge on any atom is -0.497 e. The quantitative estimate of drug-likeness (QED) is 0.667. The zero-order chi connectivity index (χ0) is 19.2. The van der Waals surface area contributed by atoms with Crippen LogP contribution in [0.25, 0.3) is 11.4 Å². The first kappa shape index (κ1) is 18.7. The van der Waals surface area contributed by atoms with Crippen molar-refractivity contribution in [1.82, 2.24) is 15.5 Å². The van der Waals surface area contributed by atoms with Crippen molar-refractivity contribution in [1.29, 1.82) is 0 Å². The molecule has 0 aliphatic carbocycles. The number of rotatable bonds is 7. The molecule has 0 spiro atoms. The lowest BCUT2D eigenvalue weighted by atomic mass is 10.2. The number of carbonyl (C=O) groups is 1. The van der Waals surface area contributed by atoms with Crippen molar-refractivity contribution < 1.29 is 18.8 Å². The van der Waals surface area contributed by atoms with Crippen LogP contribution in [0.5, 0.6) is 11.5 Å². The Morgan fingerprint density at radius 1 is 1.22 bits per heavy atom. The zero-order valence-electron chi connectivity index (χ0n) is 14.8. The van der Waals surface area contributed by atoms with Crippen LogP contribution in [0.3, 0.4) is 0 Å². The summed E-state index contributed by atoms with van der Waals surface area (Å²) in [4.78, 5) is 16.5. The van der Waals surface area contributed by atoms with E-state index in [-0.39, 0.29) is 18.3 Å². The van der Waals surface area contributed by atoms with Crippen LogP contribution < -0.4 is 14.8 Å². The van der Waals surface area contributed by atoms with Crippen LogP contribution in [0.4, 0.5) is 0 Å². The second kappa shape index (κ2) is 8.55. The summed E-state index contributed by atoms with van der Waals surface area (Å²) in [6.07, 6.45) is -0.705. The molecule has 3 rings (SSSR count). The predicted molar refractivity (Wildman–Crippen MR) is 99.7 cm³/mol. The fraction of sp³-hybridized carbons (Fsp3) is 0.211. The van der Waals surface area contributed by atoms with Crippen LogP contribution >= 0.6 is 11.6 Å². The Morgan fingerprint density at radius 3 is 2.78 bits per heavy atom. The molecule has 2 aromatic carbocycles. The van der Waals surface area contributed by atoms with Gasteiger partial charge in [-0.25, -0.2) is 0 Å². The van der Waals surface area contributed by atoms with Crippen LogP contribution in [0, 0.1) is 0 Å². The molecular weight excluding hydrogens is 370 g/mol. The number of nitrogens with one attached hydrogen (secondary N) is 1. The van der Waals surface area contributed by atoms with E-state index >= 15 is 0 Å². The summed E-state index contributed by atoms with van der Waals surface area (Å²) >= 11 is 6.12. The number of benzene rings is 2. The number of aromatic nitrogens is 2. The zero-order valence-corrected chi connectivity index (χ0v) is 15.6. The first-order valence-electron chi connectivity index (χ1n) is 8.22. The third-order valence-corrected chi connectivity index (χ3v) is 4.05. The Morgan fingerprint density at radius 2 is 2.00 bits per heavy atom. The molecule has 0 saturated carbocycles. The van der Waals surface area contributed by atoms with Gasteiger partial charge >= 0.3 is 0 Å². The lowest BCUT2D eigenvalue weighted by Crippen LogP contribution is -2.36. The van der Waals surface area contributed by atoms with Gasteiger partial charge in [0, 0.05) is 11.6 Å². The van der Waals surface area contributed by atoms with Crippen molar-refractivity contribution in [2.75, 3.05) is 7.11 Å². The SMILES string of the molecule is COc1cccc(O[C@H](C)C(=O)NCc2nc(-c3ccccc3Cl)no2)c1. The molecule has 1 amide bonds. The number of methoxy groups -OCH3 is 1. The van der Waals surface area contributed by atoms with Crippen molar-refractivity contribution in [2.45, 2.75) is 19.6 Å². The molecule has 1 atom stereocenters. The number of amides is 1. The number of halogens is 1. The van der Waals surface area contributed by atoms with Gasteiger partial charge in [-0.3, -0.25) is 4.79 Å². The Bertz CT molecular complexity index is 929. The topological polar surface area (TPSA) is 86.5 Å². The summed E-state index contributed by atoms with van der Waals surface area (Å²) in [5, 5.41) is 7.11. The summed E-state index contributed by atoms with van der Waals surface area (Å²) in [5.41, 5.74) is 0.662. The molecule has 0 aliphatic rings. The number of ether oxygens (including phenoxy) is 2. The standard InChI is InChI=1S/C19H18ClN3O4/c1-12(26-14-7-5-6-13(10-14)25-2)19(24)21-11-17-22-18(23-27-17)15-8-3-4-9-16(15)20/h3-10,12H,11H2,1-2H3,(H,21,24)/t12-/m1/s1. The van der Waals surface area contributed by atoms with Crippen LogP contribution in [-0.4, -0.2) is 29.3 Å². The molecule has 0 bridgehead atoms. The van der Waals surface area contributed by atoms with Crippen molar-refractivity contribution in [2.24, 2.45) is 0 Å². The molecule has 0 aliphatic heterocycles. The van der Waals surface area contributed by atoms with Gasteiger partial charge in [-0.05, 0) is 31.2 Å². The molecule has 1 N–H and O–H groups in total. The van der Waals surface area contributed by atoms with E-state index in [1.165, 1.54) is 0 Å². The van der Waals surface area contributed by atoms with Crippen LogP contribution in [-0.2, 0) is 11.3 Å². The van der Waals surface area contributed by atoms with Crippen molar-refractivity contribution >= 4 is 17.5 Å². The summed E-state index contributed by atoms with van der Waals surface area (Å²) in [7, 11) is 1.57. The molecule has 7 nitrogen and oxygen atoms in total. The maximum atomic E-state index is 12.2. The van der Waals surface area contributed by atoms with E-state index in [1.54, 1.807) is 50.4 Å². The summed E-state index contributed by atoms with van der Waals surface area (Å²) in [6.45, 7) is 1.74. The fourth-order valence-corrected chi connectivity index (χ4v) is 2.54. The van der Waals surface area contributed by atoms with Gasteiger partial charge in [0.05, 0.1) is 18.7 Å². The molecule has 0 unspecified atom stereocenters.